The highest BCUT2D eigenvalue weighted by atomic mass is 16.5. The van der Waals surface area contributed by atoms with Crippen LogP contribution in [-0.2, 0) is 14.3 Å². The van der Waals surface area contributed by atoms with E-state index in [-0.39, 0.29) is 23.9 Å². The molecule has 4 aliphatic carbocycles. The van der Waals surface area contributed by atoms with Crippen LogP contribution in [0.15, 0.2) is 0 Å². The zero-order chi connectivity index (χ0) is 9.87. The minimum atomic E-state index is -0.237. The van der Waals surface area contributed by atoms with Crippen LogP contribution in [0, 0.1) is 23.7 Å². The van der Waals surface area contributed by atoms with Crippen LogP contribution in [0.25, 0.3) is 0 Å². The number of hydrogen-bond acceptors (Lipinski definition) is 3. The first-order valence-electron chi connectivity index (χ1n) is 5.37. The van der Waals surface area contributed by atoms with Crippen molar-refractivity contribution >= 4 is 11.8 Å². The molecule has 3 nitrogen and oxygen atoms in total. The molecule has 0 heterocycles. The van der Waals surface area contributed by atoms with Gasteiger partial charge in [0, 0.05) is 18.8 Å². The average Bonchev–Trinajstić information content (AvgIpc) is 2.52. The van der Waals surface area contributed by atoms with Crippen molar-refractivity contribution in [1.82, 2.24) is 0 Å². The van der Waals surface area contributed by atoms with Gasteiger partial charge < -0.3 is 4.74 Å². The molecule has 0 aromatic carbocycles. The first-order valence-corrected chi connectivity index (χ1v) is 5.37. The molecule has 0 saturated heterocycles. The average molecular weight is 194 g/mol. The van der Waals surface area contributed by atoms with Crippen LogP contribution in [0.5, 0.6) is 0 Å². The van der Waals surface area contributed by atoms with Crippen LogP contribution in [0.4, 0.5) is 0 Å². The Hall–Kier alpha value is -0.860. The van der Waals surface area contributed by atoms with Gasteiger partial charge in [-0.2, -0.15) is 0 Å². The second-order valence-corrected chi connectivity index (χ2v) is 4.93. The molecule has 0 aromatic heterocycles. The lowest BCUT2D eigenvalue weighted by molar-refractivity contribution is -0.152. The third kappa shape index (κ3) is 0.928. The summed E-state index contributed by atoms with van der Waals surface area (Å²) in [5, 5.41) is 0. The predicted molar refractivity (Wildman–Crippen MR) is 48.4 cm³/mol. The van der Waals surface area contributed by atoms with Crippen LogP contribution in [-0.4, -0.2) is 17.9 Å². The maximum Gasteiger partial charge on any atom is 0.302 e. The standard InChI is InChI=1S/C11H14O3/c1-5(12)14-11-8-3-6-2-7(8)10(13)9(11)4-6/h6-9,11H,2-4H2,1H3. The molecule has 0 amide bonds. The summed E-state index contributed by atoms with van der Waals surface area (Å²) < 4.78 is 5.29. The molecule has 4 fully saturated rings. The summed E-state index contributed by atoms with van der Waals surface area (Å²) in [7, 11) is 0. The minimum absolute atomic E-state index is 0.0430. The van der Waals surface area contributed by atoms with E-state index >= 15 is 0 Å². The van der Waals surface area contributed by atoms with Crippen molar-refractivity contribution in [1.29, 1.82) is 0 Å². The fourth-order valence-corrected chi connectivity index (χ4v) is 3.77. The fourth-order valence-electron chi connectivity index (χ4n) is 3.77. The summed E-state index contributed by atoms with van der Waals surface area (Å²) in [6.07, 6.45) is 3.04. The highest BCUT2D eigenvalue weighted by Crippen LogP contribution is 2.57. The van der Waals surface area contributed by atoms with Crippen LogP contribution in [0.3, 0.4) is 0 Å². The van der Waals surface area contributed by atoms with Gasteiger partial charge in [0.05, 0.1) is 5.92 Å². The second-order valence-electron chi connectivity index (χ2n) is 4.93. The zero-order valence-corrected chi connectivity index (χ0v) is 8.23. The molecule has 5 atom stereocenters. The summed E-state index contributed by atoms with van der Waals surface area (Å²) in [5.41, 5.74) is 0. The topological polar surface area (TPSA) is 43.4 Å². The Labute approximate surface area is 82.8 Å². The van der Waals surface area contributed by atoms with Gasteiger partial charge in [0.2, 0.25) is 0 Å². The molecule has 4 bridgehead atoms. The van der Waals surface area contributed by atoms with Crippen LogP contribution in [0.1, 0.15) is 26.2 Å². The van der Waals surface area contributed by atoms with E-state index in [0.717, 1.165) is 25.2 Å². The molecule has 0 aromatic rings. The molecular weight excluding hydrogens is 180 g/mol. The molecule has 5 unspecified atom stereocenters. The number of carbonyl (C=O) groups is 2. The predicted octanol–water partition coefficient (Wildman–Crippen LogP) is 1.16. The van der Waals surface area contributed by atoms with Crippen molar-refractivity contribution in [2.24, 2.45) is 23.7 Å². The zero-order valence-electron chi connectivity index (χ0n) is 8.23. The van der Waals surface area contributed by atoms with Crippen molar-refractivity contribution in [2.75, 3.05) is 0 Å². The van der Waals surface area contributed by atoms with Crippen molar-refractivity contribution in [3.05, 3.63) is 0 Å². The Morgan fingerprint density at radius 2 is 2.00 bits per heavy atom. The molecular formula is C11H14O3. The van der Waals surface area contributed by atoms with Crippen molar-refractivity contribution < 1.29 is 14.3 Å². The van der Waals surface area contributed by atoms with E-state index in [1.165, 1.54) is 6.92 Å². The summed E-state index contributed by atoms with van der Waals surface area (Å²) >= 11 is 0. The van der Waals surface area contributed by atoms with Gasteiger partial charge in [-0.25, -0.2) is 0 Å². The van der Waals surface area contributed by atoms with Crippen LogP contribution >= 0.6 is 0 Å². The SMILES string of the molecule is CC(=O)OC1C2CC3CC(C2=O)C1C3. The van der Waals surface area contributed by atoms with Crippen molar-refractivity contribution in [2.45, 2.75) is 32.3 Å². The smallest absolute Gasteiger partial charge is 0.302 e. The van der Waals surface area contributed by atoms with Gasteiger partial charge in [0.1, 0.15) is 11.9 Å². The van der Waals surface area contributed by atoms with Crippen molar-refractivity contribution in [3.63, 3.8) is 0 Å². The first kappa shape index (κ1) is 8.45. The Kier molecular flexibility index (Phi) is 1.56. The van der Waals surface area contributed by atoms with Gasteiger partial charge in [-0.05, 0) is 25.2 Å². The molecule has 14 heavy (non-hydrogen) atoms. The third-order valence-corrected chi connectivity index (χ3v) is 4.15. The van der Waals surface area contributed by atoms with Gasteiger partial charge in [-0.3, -0.25) is 9.59 Å². The molecule has 0 radical (unpaired) electrons. The Balaban J connectivity index is 1.88. The van der Waals surface area contributed by atoms with E-state index in [1.54, 1.807) is 0 Å². The molecule has 0 N–H and O–H groups in total. The largest absolute Gasteiger partial charge is 0.461 e. The van der Waals surface area contributed by atoms with Gasteiger partial charge in [0.25, 0.3) is 0 Å². The molecule has 0 aliphatic heterocycles. The molecule has 76 valence electrons. The highest BCUT2D eigenvalue weighted by molar-refractivity contribution is 5.88. The lowest BCUT2D eigenvalue weighted by Gasteiger charge is -2.30. The van der Waals surface area contributed by atoms with Gasteiger partial charge >= 0.3 is 5.97 Å². The molecule has 4 aliphatic rings. The summed E-state index contributed by atoms with van der Waals surface area (Å²) in [6, 6.07) is 0. The fraction of sp³-hybridized carbons (Fsp3) is 0.818. The summed E-state index contributed by atoms with van der Waals surface area (Å²) in [6.45, 7) is 1.43. The summed E-state index contributed by atoms with van der Waals surface area (Å²) in [4.78, 5) is 22.7. The highest BCUT2D eigenvalue weighted by Gasteiger charge is 2.60. The van der Waals surface area contributed by atoms with E-state index in [9.17, 15) is 9.59 Å². The minimum Gasteiger partial charge on any atom is -0.461 e. The van der Waals surface area contributed by atoms with E-state index in [4.69, 9.17) is 4.74 Å². The summed E-state index contributed by atoms with van der Waals surface area (Å²) in [5.74, 6) is 1.49. The Morgan fingerprint density at radius 1 is 1.29 bits per heavy atom. The number of hydrogen-bond donors (Lipinski definition) is 0. The molecule has 3 heteroatoms. The normalized spacial score (nSPS) is 48.6. The number of ketones is 1. The van der Waals surface area contributed by atoms with E-state index in [1.807, 2.05) is 0 Å². The number of carbonyl (C=O) groups excluding carboxylic acids is 2. The Bertz CT molecular complexity index is 310. The number of Topliss-reactive ketones (excluding diaryl/α,β-unsaturated/α-hetero) is 1. The lowest BCUT2D eigenvalue weighted by Crippen LogP contribution is -2.34. The molecule has 0 spiro atoms. The van der Waals surface area contributed by atoms with E-state index in [0.29, 0.717) is 11.7 Å². The Morgan fingerprint density at radius 3 is 2.64 bits per heavy atom. The molecule has 4 rings (SSSR count). The van der Waals surface area contributed by atoms with Crippen molar-refractivity contribution in [3.8, 4) is 0 Å². The third-order valence-electron chi connectivity index (χ3n) is 4.15. The van der Waals surface area contributed by atoms with Crippen LogP contribution in [0.2, 0.25) is 0 Å². The van der Waals surface area contributed by atoms with Gasteiger partial charge in [-0.15, -0.1) is 0 Å². The second kappa shape index (κ2) is 2.59. The van der Waals surface area contributed by atoms with Gasteiger partial charge in [0.15, 0.2) is 0 Å². The maximum absolute atomic E-state index is 11.8. The maximum atomic E-state index is 11.8. The van der Waals surface area contributed by atoms with E-state index < -0.39 is 0 Å². The molecule has 4 saturated carbocycles. The lowest BCUT2D eigenvalue weighted by atomic mass is 9.80. The quantitative estimate of drug-likeness (QED) is 0.588. The number of rotatable bonds is 1. The first-order chi connectivity index (χ1) is 6.66. The number of ether oxygens (including phenoxy) is 1. The monoisotopic (exact) mass is 194 g/mol. The van der Waals surface area contributed by atoms with Gasteiger partial charge in [-0.1, -0.05) is 0 Å². The van der Waals surface area contributed by atoms with E-state index in [2.05, 4.69) is 0 Å². The van der Waals surface area contributed by atoms with Crippen LogP contribution < -0.4 is 0 Å². The number of esters is 1.